The van der Waals surface area contributed by atoms with Gasteiger partial charge in [0.05, 0.1) is 27.9 Å². The Morgan fingerprint density at radius 2 is 1.62 bits per heavy atom. The number of carbonyl (C=O) groups excluding carboxylic acids is 2. The van der Waals surface area contributed by atoms with E-state index in [1.54, 1.807) is 7.05 Å². The summed E-state index contributed by atoms with van der Waals surface area (Å²) in [6.07, 6.45) is -4.78. The van der Waals surface area contributed by atoms with Crippen molar-refractivity contribution in [3.63, 3.8) is 0 Å². The molecule has 0 atom stereocenters. The number of primary amides is 1. The highest BCUT2D eigenvalue weighted by atomic mass is 19.4. The number of carboxylic acids is 1. The first-order valence-electron chi connectivity index (χ1n) is 9.60. The van der Waals surface area contributed by atoms with Crippen molar-refractivity contribution in [3.05, 3.63) is 82.7 Å². The monoisotopic (exact) mass is 475 g/mol. The second-order valence-electron chi connectivity index (χ2n) is 7.05. The van der Waals surface area contributed by atoms with Gasteiger partial charge in [0.1, 0.15) is 5.82 Å². The van der Waals surface area contributed by atoms with Crippen LogP contribution >= 0.6 is 0 Å². The summed E-state index contributed by atoms with van der Waals surface area (Å²) in [7, 11) is 1.56. The zero-order valence-electron chi connectivity index (χ0n) is 17.5. The number of rotatable bonds is 6. The average molecular weight is 475 g/mol. The lowest BCUT2D eigenvalue weighted by molar-refractivity contribution is -0.137. The van der Waals surface area contributed by atoms with Crippen molar-refractivity contribution in [1.29, 1.82) is 0 Å². The fraction of sp³-hybridized carbons (Fsp3) is 0.0870. The second-order valence-corrected chi connectivity index (χ2v) is 7.05. The van der Waals surface area contributed by atoms with Crippen LogP contribution in [0.4, 0.5) is 28.9 Å². The summed E-state index contributed by atoms with van der Waals surface area (Å²) in [5, 5.41) is 14.7. The van der Waals surface area contributed by atoms with E-state index in [-0.39, 0.29) is 28.3 Å². The lowest BCUT2D eigenvalue weighted by Crippen LogP contribution is -2.18. The van der Waals surface area contributed by atoms with Crippen molar-refractivity contribution in [1.82, 2.24) is 0 Å². The molecule has 3 aromatic rings. The molecule has 0 saturated heterocycles. The third-order valence-corrected chi connectivity index (χ3v) is 4.93. The lowest BCUT2D eigenvalue weighted by Gasteiger charge is -2.15. The Balaban J connectivity index is 2.06. The summed E-state index contributed by atoms with van der Waals surface area (Å²) in [6, 6.07) is 9.85. The van der Waals surface area contributed by atoms with Gasteiger partial charge in [-0.3, -0.25) is 9.59 Å². The molecule has 0 fully saturated rings. The standard InChI is InChI=1S/C23H17F4N3O4/c1-29-17-7-5-11(9-15(17)20(28)31)13-3-2-4-14(19(13)22(33)34)21(32)30-18-8-6-12(10-16(18)24)23(25,26)27/h2-10,29H,1H3,(H2,28,31)(H,30,32)(H,33,34). The van der Waals surface area contributed by atoms with Crippen LogP contribution in [0, 0.1) is 5.82 Å². The van der Waals surface area contributed by atoms with E-state index in [1.807, 2.05) is 0 Å². The molecule has 3 aromatic carbocycles. The summed E-state index contributed by atoms with van der Waals surface area (Å²) < 4.78 is 52.4. The number of carboxylic acid groups (broad SMARTS) is 1. The molecule has 0 bridgehead atoms. The quantitative estimate of drug-likeness (QED) is 0.388. The Morgan fingerprint density at radius 3 is 2.18 bits per heavy atom. The maximum Gasteiger partial charge on any atom is 0.416 e. The van der Waals surface area contributed by atoms with E-state index in [4.69, 9.17) is 5.73 Å². The topological polar surface area (TPSA) is 122 Å². The van der Waals surface area contributed by atoms with Gasteiger partial charge in [-0.05, 0) is 47.5 Å². The molecule has 0 saturated carbocycles. The molecule has 0 radical (unpaired) electrons. The highest BCUT2D eigenvalue weighted by Gasteiger charge is 2.31. The Morgan fingerprint density at radius 1 is 0.941 bits per heavy atom. The van der Waals surface area contributed by atoms with Gasteiger partial charge in [0.15, 0.2) is 0 Å². The van der Waals surface area contributed by atoms with E-state index < -0.39 is 46.6 Å². The third-order valence-electron chi connectivity index (χ3n) is 4.93. The molecular formula is C23H17F4N3O4. The molecule has 0 heterocycles. The molecule has 0 unspecified atom stereocenters. The first kappa shape index (κ1) is 24.2. The number of carbonyl (C=O) groups is 3. The van der Waals surface area contributed by atoms with E-state index in [0.717, 1.165) is 6.07 Å². The van der Waals surface area contributed by atoms with E-state index in [9.17, 15) is 37.1 Å². The summed E-state index contributed by atoms with van der Waals surface area (Å²) in [5.74, 6) is -4.66. The highest BCUT2D eigenvalue weighted by molar-refractivity contribution is 6.13. The molecular weight excluding hydrogens is 458 g/mol. The fourth-order valence-corrected chi connectivity index (χ4v) is 3.33. The van der Waals surface area contributed by atoms with Gasteiger partial charge < -0.3 is 21.5 Å². The number of aromatic carboxylic acids is 1. The molecule has 0 spiro atoms. The van der Waals surface area contributed by atoms with Crippen molar-refractivity contribution in [2.24, 2.45) is 5.73 Å². The van der Waals surface area contributed by atoms with Crippen LogP contribution in [-0.2, 0) is 6.18 Å². The van der Waals surface area contributed by atoms with Crippen molar-refractivity contribution in [2.75, 3.05) is 17.7 Å². The zero-order valence-corrected chi connectivity index (χ0v) is 17.5. The maximum absolute atomic E-state index is 14.2. The number of benzene rings is 3. The fourth-order valence-electron chi connectivity index (χ4n) is 3.33. The number of alkyl halides is 3. The van der Waals surface area contributed by atoms with Crippen LogP contribution in [-0.4, -0.2) is 29.9 Å². The molecule has 0 aliphatic heterocycles. The van der Waals surface area contributed by atoms with Crippen molar-refractivity contribution in [3.8, 4) is 11.1 Å². The van der Waals surface area contributed by atoms with Gasteiger partial charge in [-0.25, -0.2) is 9.18 Å². The number of anilines is 2. The smallest absolute Gasteiger partial charge is 0.416 e. The Labute approximate surface area is 190 Å². The van der Waals surface area contributed by atoms with E-state index in [0.29, 0.717) is 11.8 Å². The van der Waals surface area contributed by atoms with E-state index >= 15 is 0 Å². The first-order chi connectivity index (χ1) is 15.9. The molecule has 34 heavy (non-hydrogen) atoms. The normalized spacial score (nSPS) is 11.1. The number of halogens is 4. The largest absolute Gasteiger partial charge is 0.478 e. The maximum atomic E-state index is 14.2. The lowest BCUT2D eigenvalue weighted by atomic mass is 9.93. The first-order valence-corrected chi connectivity index (χ1v) is 9.60. The van der Waals surface area contributed by atoms with Crippen LogP contribution in [0.3, 0.4) is 0 Å². The van der Waals surface area contributed by atoms with Crippen LogP contribution in [0.15, 0.2) is 54.6 Å². The SMILES string of the molecule is CNc1ccc(-c2cccc(C(=O)Nc3ccc(C(F)(F)F)cc3F)c2C(=O)O)cc1C(N)=O. The van der Waals surface area contributed by atoms with Crippen molar-refractivity contribution in [2.45, 2.75) is 6.18 Å². The van der Waals surface area contributed by atoms with Gasteiger partial charge in [0.2, 0.25) is 0 Å². The highest BCUT2D eigenvalue weighted by Crippen LogP contribution is 2.33. The van der Waals surface area contributed by atoms with Gasteiger partial charge in [0.25, 0.3) is 11.8 Å². The van der Waals surface area contributed by atoms with Gasteiger partial charge in [-0.2, -0.15) is 13.2 Å². The molecule has 5 N–H and O–H groups in total. The van der Waals surface area contributed by atoms with Crippen LogP contribution < -0.4 is 16.4 Å². The molecule has 0 aliphatic carbocycles. The van der Waals surface area contributed by atoms with Crippen molar-refractivity contribution < 1.29 is 37.1 Å². The Hall–Kier alpha value is -4.41. The van der Waals surface area contributed by atoms with Crippen LogP contribution in [0.2, 0.25) is 0 Å². The predicted octanol–water partition coefficient (Wildman–Crippen LogP) is 4.60. The average Bonchev–Trinajstić information content (AvgIpc) is 2.78. The molecule has 11 heteroatoms. The number of hydrogen-bond donors (Lipinski definition) is 4. The van der Waals surface area contributed by atoms with Crippen LogP contribution in [0.1, 0.15) is 36.6 Å². The third kappa shape index (κ3) is 4.82. The summed E-state index contributed by atoms with van der Waals surface area (Å²) in [5.41, 5.74) is 3.57. The molecule has 7 nitrogen and oxygen atoms in total. The zero-order chi connectivity index (χ0) is 25.2. The summed E-state index contributed by atoms with van der Waals surface area (Å²) >= 11 is 0. The van der Waals surface area contributed by atoms with Crippen molar-refractivity contribution >= 4 is 29.2 Å². The minimum absolute atomic E-state index is 0.0678. The molecule has 2 amide bonds. The Kier molecular flexibility index (Phi) is 6.57. The van der Waals surface area contributed by atoms with E-state index in [1.165, 1.54) is 36.4 Å². The van der Waals surface area contributed by atoms with Gasteiger partial charge in [-0.15, -0.1) is 0 Å². The van der Waals surface area contributed by atoms with Crippen LogP contribution in [0.5, 0.6) is 0 Å². The number of amides is 2. The molecule has 0 aliphatic rings. The second kappa shape index (κ2) is 9.22. The van der Waals surface area contributed by atoms with Gasteiger partial charge in [0, 0.05) is 12.7 Å². The van der Waals surface area contributed by atoms with Crippen LogP contribution in [0.25, 0.3) is 11.1 Å². The number of nitrogens with one attached hydrogen (secondary N) is 2. The molecule has 176 valence electrons. The minimum atomic E-state index is -4.78. The summed E-state index contributed by atoms with van der Waals surface area (Å²) in [4.78, 5) is 36.6. The molecule has 0 aromatic heterocycles. The van der Waals surface area contributed by atoms with E-state index in [2.05, 4.69) is 10.6 Å². The minimum Gasteiger partial charge on any atom is -0.478 e. The molecule has 3 rings (SSSR count). The summed E-state index contributed by atoms with van der Waals surface area (Å²) in [6.45, 7) is 0. The Bertz CT molecular complexity index is 1310. The number of hydrogen-bond acceptors (Lipinski definition) is 4. The van der Waals surface area contributed by atoms with Gasteiger partial charge >= 0.3 is 12.1 Å². The predicted molar refractivity (Wildman–Crippen MR) is 116 cm³/mol. The van der Waals surface area contributed by atoms with Gasteiger partial charge in [-0.1, -0.05) is 18.2 Å². The number of nitrogens with two attached hydrogens (primary N) is 1.